The maximum absolute atomic E-state index is 12.9. The van der Waals surface area contributed by atoms with Crippen molar-refractivity contribution >= 4 is 24.0 Å². The van der Waals surface area contributed by atoms with Gasteiger partial charge in [-0.15, -0.1) is 12.4 Å². The number of ether oxygens (including phenoxy) is 1. The molecule has 0 saturated carbocycles. The lowest BCUT2D eigenvalue weighted by Crippen LogP contribution is -2.41. The second kappa shape index (κ2) is 9.92. The Morgan fingerprint density at radius 3 is 2.61 bits per heavy atom. The Hall–Kier alpha value is -2.08. The summed E-state index contributed by atoms with van der Waals surface area (Å²) in [5.74, 6) is 1.36. The number of methoxy groups -OCH3 is 1. The van der Waals surface area contributed by atoms with Gasteiger partial charge in [0.15, 0.2) is 0 Å². The van der Waals surface area contributed by atoms with E-state index < -0.39 is 0 Å². The number of hydrogen-bond donors (Lipinski definition) is 2. The van der Waals surface area contributed by atoms with Gasteiger partial charge in [0.25, 0.3) is 0 Å². The van der Waals surface area contributed by atoms with Gasteiger partial charge in [0, 0.05) is 19.0 Å². The van der Waals surface area contributed by atoms with E-state index in [1.165, 1.54) is 5.56 Å². The van der Waals surface area contributed by atoms with E-state index in [0.29, 0.717) is 29.8 Å². The van der Waals surface area contributed by atoms with Crippen molar-refractivity contribution in [2.24, 2.45) is 11.7 Å². The van der Waals surface area contributed by atoms with Crippen molar-refractivity contribution in [2.45, 2.75) is 25.8 Å². The number of carbonyl (C=O) groups excluding carboxylic acids is 1. The molecule has 2 aromatic carbocycles. The summed E-state index contributed by atoms with van der Waals surface area (Å²) in [5, 5.41) is 3.03. The van der Waals surface area contributed by atoms with Crippen LogP contribution in [0, 0.1) is 12.8 Å². The molecule has 2 aromatic rings. The van der Waals surface area contributed by atoms with Crippen molar-refractivity contribution in [3.05, 3.63) is 59.7 Å². The van der Waals surface area contributed by atoms with Crippen molar-refractivity contribution in [2.75, 3.05) is 32.1 Å². The number of amides is 1. The zero-order valence-electron chi connectivity index (χ0n) is 16.7. The fourth-order valence-electron chi connectivity index (χ4n) is 3.86. The van der Waals surface area contributed by atoms with Gasteiger partial charge in [-0.05, 0) is 49.6 Å². The molecule has 0 radical (unpaired) electrons. The molecule has 1 aliphatic heterocycles. The first-order valence-corrected chi connectivity index (χ1v) is 9.48. The highest BCUT2D eigenvalue weighted by molar-refractivity contribution is 5.96. The Morgan fingerprint density at radius 1 is 1.25 bits per heavy atom. The van der Waals surface area contributed by atoms with E-state index in [-0.39, 0.29) is 24.4 Å². The summed E-state index contributed by atoms with van der Waals surface area (Å²) in [5.41, 5.74) is 9.12. The third kappa shape index (κ3) is 4.85. The number of carbonyl (C=O) groups is 1. The number of hydrogen-bond acceptors (Lipinski definition) is 4. The van der Waals surface area contributed by atoms with Crippen LogP contribution in [0.25, 0.3) is 0 Å². The van der Waals surface area contributed by atoms with Gasteiger partial charge < -0.3 is 15.8 Å². The van der Waals surface area contributed by atoms with Gasteiger partial charge in [-0.25, -0.2) is 0 Å². The quantitative estimate of drug-likeness (QED) is 0.775. The minimum absolute atomic E-state index is 0. The number of likely N-dealkylation sites (tertiary alicyclic amines) is 1. The largest absolute Gasteiger partial charge is 0.495 e. The summed E-state index contributed by atoms with van der Waals surface area (Å²) >= 11 is 0. The maximum atomic E-state index is 12.9. The molecule has 0 aromatic heterocycles. The van der Waals surface area contributed by atoms with Crippen molar-refractivity contribution < 1.29 is 9.53 Å². The van der Waals surface area contributed by atoms with E-state index >= 15 is 0 Å². The zero-order chi connectivity index (χ0) is 19.4. The molecule has 1 fully saturated rings. The maximum Gasteiger partial charge on any atom is 0.241 e. The molecule has 0 aliphatic carbocycles. The highest BCUT2D eigenvalue weighted by Crippen LogP contribution is 2.33. The van der Waals surface area contributed by atoms with Gasteiger partial charge >= 0.3 is 0 Å². The minimum atomic E-state index is -0.238. The van der Waals surface area contributed by atoms with Crippen molar-refractivity contribution in [1.82, 2.24) is 4.90 Å². The van der Waals surface area contributed by atoms with E-state index in [4.69, 9.17) is 10.5 Å². The summed E-state index contributed by atoms with van der Waals surface area (Å²) < 4.78 is 5.37. The molecule has 1 aliphatic rings. The molecule has 1 unspecified atom stereocenters. The van der Waals surface area contributed by atoms with Crippen LogP contribution in [-0.4, -0.2) is 43.6 Å². The number of rotatable bonds is 6. The molecule has 3 rings (SSSR count). The summed E-state index contributed by atoms with van der Waals surface area (Å²) in [4.78, 5) is 15.1. The Kier molecular flexibility index (Phi) is 7.87. The number of aryl methyl sites for hydroxylation is 1. The molecule has 28 heavy (non-hydrogen) atoms. The molecular formula is C22H30ClN3O2. The Morgan fingerprint density at radius 2 is 1.96 bits per heavy atom. The van der Waals surface area contributed by atoms with Crippen LogP contribution in [0.2, 0.25) is 0 Å². The predicted molar refractivity (Wildman–Crippen MR) is 116 cm³/mol. The van der Waals surface area contributed by atoms with Gasteiger partial charge in [0.1, 0.15) is 5.75 Å². The van der Waals surface area contributed by atoms with Crippen LogP contribution in [0.15, 0.2) is 48.5 Å². The number of anilines is 1. The van der Waals surface area contributed by atoms with Gasteiger partial charge in [-0.2, -0.15) is 0 Å². The monoisotopic (exact) mass is 403 g/mol. The van der Waals surface area contributed by atoms with Crippen LogP contribution in [0.1, 0.15) is 24.0 Å². The van der Waals surface area contributed by atoms with E-state index in [1.54, 1.807) is 7.11 Å². The molecule has 3 N–H and O–H groups in total. The van der Waals surface area contributed by atoms with Gasteiger partial charge in [-0.3, -0.25) is 9.69 Å². The molecule has 0 spiro atoms. The number of nitrogens with zero attached hydrogens (tertiary/aromatic N) is 1. The van der Waals surface area contributed by atoms with E-state index in [9.17, 15) is 4.79 Å². The van der Waals surface area contributed by atoms with Gasteiger partial charge in [0.2, 0.25) is 5.91 Å². The first-order valence-electron chi connectivity index (χ1n) is 9.48. The Bertz CT molecular complexity index is 785. The second-order valence-electron chi connectivity index (χ2n) is 7.34. The molecule has 3 atom stereocenters. The van der Waals surface area contributed by atoms with Gasteiger partial charge in [0.05, 0.1) is 18.8 Å². The summed E-state index contributed by atoms with van der Waals surface area (Å²) in [6, 6.07) is 16.0. The number of benzene rings is 2. The zero-order valence-corrected chi connectivity index (χ0v) is 17.5. The highest BCUT2D eigenvalue weighted by atomic mass is 35.5. The fraction of sp³-hybridized carbons (Fsp3) is 0.409. The number of nitrogens with one attached hydrogen (secondary N) is 1. The first-order chi connectivity index (χ1) is 13.0. The second-order valence-corrected chi connectivity index (χ2v) is 7.34. The molecule has 6 heteroatoms. The highest BCUT2D eigenvalue weighted by Gasteiger charge is 2.37. The Balaban J connectivity index is 0.00000280. The van der Waals surface area contributed by atoms with Crippen LogP contribution < -0.4 is 15.8 Å². The number of halogens is 1. The van der Waals surface area contributed by atoms with Crippen LogP contribution in [0.3, 0.4) is 0 Å². The lowest BCUT2D eigenvalue weighted by atomic mass is 9.89. The smallest absolute Gasteiger partial charge is 0.241 e. The van der Waals surface area contributed by atoms with Crippen LogP contribution in [0.5, 0.6) is 5.75 Å². The lowest BCUT2D eigenvalue weighted by molar-refractivity contribution is -0.120. The van der Waals surface area contributed by atoms with Crippen LogP contribution in [0.4, 0.5) is 5.69 Å². The summed E-state index contributed by atoms with van der Waals surface area (Å²) in [6.07, 6.45) is 0. The molecule has 152 valence electrons. The Labute approximate surface area is 173 Å². The summed E-state index contributed by atoms with van der Waals surface area (Å²) in [7, 11) is 1.61. The van der Waals surface area contributed by atoms with E-state index in [0.717, 1.165) is 18.7 Å². The summed E-state index contributed by atoms with van der Waals surface area (Å²) in [6.45, 7) is 6.24. The standard InChI is InChI=1S/C22H29N3O2.ClH/c1-15-9-10-21(27-3)20(11-15)24-22(26)16(2)25-13-18(12-23)19(14-25)17-7-5-4-6-8-17;/h4-11,16,18-19H,12-14,23H2,1-3H3,(H,24,26);1H/t16?,18-,19+;/m1./s1. The van der Waals surface area contributed by atoms with Crippen molar-refractivity contribution in [3.8, 4) is 5.75 Å². The minimum Gasteiger partial charge on any atom is -0.495 e. The number of nitrogens with two attached hydrogens (primary N) is 1. The van der Waals surface area contributed by atoms with Gasteiger partial charge in [-0.1, -0.05) is 36.4 Å². The average molecular weight is 404 g/mol. The molecule has 0 bridgehead atoms. The SMILES string of the molecule is COc1ccc(C)cc1NC(=O)C(C)N1C[C@@H](CN)[C@H](c2ccccc2)C1.Cl. The molecule has 1 heterocycles. The first kappa shape index (κ1) is 22.2. The predicted octanol–water partition coefficient (Wildman–Crippen LogP) is 3.43. The molecular weight excluding hydrogens is 374 g/mol. The topological polar surface area (TPSA) is 67.6 Å². The normalized spacial score (nSPS) is 20.3. The lowest BCUT2D eigenvalue weighted by Gasteiger charge is -2.24. The third-order valence-corrected chi connectivity index (χ3v) is 5.54. The van der Waals surface area contributed by atoms with Crippen LogP contribution >= 0.6 is 12.4 Å². The fourth-order valence-corrected chi connectivity index (χ4v) is 3.86. The van der Waals surface area contributed by atoms with E-state index in [1.807, 2.05) is 38.1 Å². The molecule has 1 saturated heterocycles. The van der Waals surface area contributed by atoms with Crippen LogP contribution in [-0.2, 0) is 4.79 Å². The van der Waals surface area contributed by atoms with Crippen molar-refractivity contribution in [1.29, 1.82) is 0 Å². The van der Waals surface area contributed by atoms with Crippen molar-refractivity contribution in [3.63, 3.8) is 0 Å². The molecule has 5 nitrogen and oxygen atoms in total. The van der Waals surface area contributed by atoms with E-state index in [2.05, 4.69) is 34.5 Å². The third-order valence-electron chi connectivity index (χ3n) is 5.54. The molecule has 1 amide bonds. The average Bonchev–Trinajstić information content (AvgIpc) is 3.12.